The number of hydrogen-bond acceptors (Lipinski definition) is 3. The van der Waals surface area contributed by atoms with Gasteiger partial charge in [-0.2, -0.15) is 0 Å². The molecule has 0 fully saturated rings. The molecular formula is C13H18ClNO4. The molecular weight excluding hydrogens is 270 g/mol. The highest BCUT2D eigenvalue weighted by molar-refractivity contribution is 6.29. The third-order valence-electron chi connectivity index (χ3n) is 2.58. The van der Waals surface area contributed by atoms with Crippen LogP contribution in [0.3, 0.4) is 0 Å². The molecule has 0 saturated carbocycles. The van der Waals surface area contributed by atoms with Crippen LogP contribution >= 0.6 is 11.6 Å². The summed E-state index contributed by atoms with van der Waals surface area (Å²) < 4.78 is 4.93. The first-order chi connectivity index (χ1) is 8.69. The molecule has 1 heterocycles. The van der Waals surface area contributed by atoms with Crippen molar-refractivity contribution in [3.8, 4) is 0 Å². The SMILES string of the molecule is CC(C)(C)CCC(NC(=O)c1ccc(Cl)o1)C(=O)O. The van der Waals surface area contributed by atoms with E-state index in [1.165, 1.54) is 12.1 Å². The number of carbonyl (C=O) groups excluding carboxylic acids is 1. The first kappa shape index (κ1) is 15.6. The lowest BCUT2D eigenvalue weighted by Gasteiger charge is -2.21. The molecule has 2 N–H and O–H groups in total. The van der Waals surface area contributed by atoms with E-state index in [9.17, 15) is 9.59 Å². The predicted octanol–water partition coefficient (Wildman–Crippen LogP) is 2.94. The highest BCUT2D eigenvalue weighted by Crippen LogP contribution is 2.22. The Hall–Kier alpha value is -1.49. The molecule has 6 heteroatoms. The summed E-state index contributed by atoms with van der Waals surface area (Å²) in [4.78, 5) is 22.9. The average molecular weight is 288 g/mol. The minimum atomic E-state index is -1.06. The maximum atomic E-state index is 11.8. The fourth-order valence-electron chi connectivity index (χ4n) is 1.50. The van der Waals surface area contributed by atoms with Crippen molar-refractivity contribution >= 4 is 23.5 Å². The Kier molecular flexibility index (Phi) is 5.00. The molecule has 0 saturated heterocycles. The summed E-state index contributed by atoms with van der Waals surface area (Å²) in [6.07, 6.45) is 1.04. The summed E-state index contributed by atoms with van der Waals surface area (Å²) >= 11 is 5.56. The number of furan rings is 1. The van der Waals surface area contributed by atoms with Crippen molar-refractivity contribution in [2.24, 2.45) is 5.41 Å². The van der Waals surface area contributed by atoms with Crippen LogP contribution in [-0.2, 0) is 4.79 Å². The van der Waals surface area contributed by atoms with Gasteiger partial charge in [-0.15, -0.1) is 0 Å². The van der Waals surface area contributed by atoms with Gasteiger partial charge in [0.05, 0.1) is 0 Å². The van der Waals surface area contributed by atoms with Crippen molar-refractivity contribution in [1.82, 2.24) is 5.32 Å². The quantitative estimate of drug-likeness (QED) is 0.872. The van der Waals surface area contributed by atoms with Gasteiger partial charge in [-0.1, -0.05) is 20.8 Å². The standard InChI is InChI=1S/C13H18ClNO4/c1-13(2,3)7-6-8(12(17)18)15-11(16)9-4-5-10(14)19-9/h4-5,8H,6-7H2,1-3H3,(H,15,16)(H,17,18). The number of halogens is 1. The second kappa shape index (κ2) is 6.10. The monoisotopic (exact) mass is 287 g/mol. The summed E-state index contributed by atoms with van der Waals surface area (Å²) in [6, 6.07) is 1.90. The minimum Gasteiger partial charge on any atom is -0.480 e. The van der Waals surface area contributed by atoms with Crippen LogP contribution < -0.4 is 5.32 Å². The summed E-state index contributed by atoms with van der Waals surface area (Å²) in [5.74, 6) is -1.63. The lowest BCUT2D eigenvalue weighted by atomic mass is 9.88. The summed E-state index contributed by atoms with van der Waals surface area (Å²) in [7, 11) is 0. The Bertz CT molecular complexity index is 461. The first-order valence-corrected chi connectivity index (χ1v) is 6.36. The topological polar surface area (TPSA) is 79.5 Å². The van der Waals surface area contributed by atoms with E-state index in [1.807, 2.05) is 20.8 Å². The van der Waals surface area contributed by atoms with Crippen molar-refractivity contribution in [3.63, 3.8) is 0 Å². The Morgan fingerprint density at radius 1 is 1.42 bits per heavy atom. The van der Waals surface area contributed by atoms with Crippen molar-refractivity contribution < 1.29 is 19.1 Å². The molecule has 1 aromatic rings. The average Bonchev–Trinajstić information content (AvgIpc) is 2.69. The Labute approximate surface area is 116 Å². The summed E-state index contributed by atoms with van der Waals surface area (Å²) in [5.41, 5.74) is 0.00637. The summed E-state index contributed by atoms with van der Waals surface area (Å²) in [6.45, 7) is 6.04. The zero-order valence-electron chi connectivity index (χ0n) is 11.2. The number of amides is 1. The van der Waals surface area contributed by atoms with Crippen LogP contribution in [0.1, 0.15) is 44.2 Å². The van der Waals surface area contributed by atoms with E-state index < -0.39 is 17.9 Å². The normalized spacial score (nSPS) is 13.1. The van der Waals surface area contributed by atoms with Gasteiger partial charge in [-0.05, 0) is 42.0 Å². The Morgan fingerprint density at radius 2 is 2.05 bits per heavy atom. The molecule has 5 nitrogen and oxygen atoms in total. The number of carbonyl (C=O) groups is 2. The van der Waals surface area contributed by atoms with E-state index in [0.29, 0.717) is 12.8 Å². The molecule has 0 aliphatic heterocycles. The maximum absolute atomic E-state index is 11.8. The lowest BCUT2D eigenvalue weighted by molar-refractivity contribution is -0.139. The fourth-order valence-corrected chi connectivity index (χ4v) is 1.65. The largest absolute Gasteiger partial charge is 0.480 e. The molecule has 0 aromatic carbocycles. The molecule has 1 amide bonds. The molecule has 0 bridgehead atoms. The van der Waals surface area contributed by atoms with Crippen LogP contribution in [0.4, 0.5) is 0 Å². The maximum Gasteiger partial charge on any atom is 0.326 e. The van der Waals surface area contributed by atoms with Crippen LogP contribution in [-0.4, -0.2) is 23.0 Å². The number of nitrogens with one attached hydrogen (secondary N) is 1. The molecule has 0 aliphatic rings. The zero-order chi connectivity index (χ0) is 14.6. The van der Waals surface area contributed by atoms with Crippen LogP contribution in [0, 0.1) is 5.41 Å². The van der Waals surface area contributed by atoms with Gasteiger partial charge in [0.2, 0.25) is 0 Å². The molecule has 1 atom stereocenters. The van der Waals surface area contributed by atoms with E-state index in [-0.39, 0.29) is 16.4 Å². The van der Waals surface area contributed by atoms with E-state index >= 15 is 0 Å². The number of carboxylic acids is 1. The van der Waals surface area contributed by atoms with E-state index in [2.05, 4.69) is 5.32 Å². The summed E-state index contributed by atoms with van der Waals surface area (Å²) in [5, 5.41) is 11.6. The fraction of sp³-hybridized carbons (Fsp3) is 0.538. The Balaban J connectivity index is 2.63. The number of aliphatic carboxylic acids is 1. The first-order valence-electron chi connectivity index (χ1n) is 5.98. The van der Waals surface area contributed by atoms with Gasteiger partial charge in [-0.25, -0.2) is 4.79 Å². The number of hydrogen-bond donors (Lipinski definition) is 2. The molecule has 106 valence electrons. The third-order valence-corrected chi connectivity index (χ3v) is 2.79. The second-order valence-corrected chi connectivity index (χ2v) is 5.94. The molecule has 0 radical (unpaired) electrons. The third kappa shape index (κ3) is 5.34. The van der Waals surface area contributed by atoms with Crippen molar-refractivity contribution in [3.05, 3.63) is 23.1 Å². The second-order valence-electron chi connectivity index (χ2n) is 5.57. The number of rotatable bonds is 5. The van der Waals surface area contributed by atoms with E-state index in [0.717, 1.165) is 0 Å². The predicted molar refractivity (Wildman–Crippen MR) is 71.3 cm³/mol. The van der Waals surface area contributed by atoms with Crippen molar-refractivity contribution in [1.29, 1.82) is 0 Å². The van der Waals surface area contributed by atoms with Gasteiger partial charge in [-0.3, -0.25) is 4.79 Å². The van der Waals surface area contributed by atoms with Crippen molar-refractivity contribution in [2.45, 2.75) is 39.7 Å². The van der Waals surface area contributed by atoms with Gasteiger partial charge >= 0.3 is 5.97 Å². The zero-order valence-corrected chi connectivity index (χ0v) is 12.0. The molecule has 1 rings (SSSR count). The van der Waals surface area contributed by atoms with Crippen LogP contribution in [0.25, 0.3) is 0 Å². The van der Waals surface area contributed by atoms with Crippen molar-refractivity contribution in [2.75, 3.05) is 0 Å². The van der Waals surface area contributed by atoms with Crippen LogP contribution in [0.15, 0.2) is 16.5 Å². The highest BCUT2D eigenvalue weighted by atomic mass is 35.5. The minimum absolute atomic E-state index is 0.00637. The molecule has 1 unspecified atom stereocenters. The molecule has 0 spiro atoms. The van der Waals surface area contributed by atoms with E-state index in [1.54, 1.807) is 0 Å². The van der Waals surface area contributed by atoms with Crippen LogP contribution in [0.2, 0.25) is 5.22 Å². The van der Waals surface area contributed by atoms with Gasteiger partial charge in [0.1, 0.15) is 6.04 Å². The van der Waals surface area contributed by atoms with E-state index in [4.69, 9.17) is 21.1 Å². The molecule has 1 aromatic heterocycles. The van der Waals surface area contributed by atoms with Crippen LogP contribution in [0.5, 0.6) is 0 Å². The molecule has 19 heavy (non-hydrogen) atoms. The number of carboxylic acid groups (broad SMARTS) is 1. The molecule has 0 aliphatic carbocycles. The van der Waals surface area contributed by atoms with Gasteiger partial charge in [0.25, 0.3) is 5.91 Å². The van der Waals surface area contributed by atoms with Gasteiger partial charge < -0.3 is 14.8 Å². The Morgan fingerprint density at radius 3 is 2.47 bits per heavy atom. The highest BCUT2D eigenvalue weighted by Gasteiger charge is 2.24. The smallest absolute Gasteiger partial charge is 0.326 e. The van der Waals surface area contributed by atoms with Gasteiger partial charge in [0.15, 0.2) is 11.0 Å². The van der Waals surface area contributed by atoms with Gasteiger partial charge in [0, 0.05) is 0 Å². The lowest BCUT2D eigenvalue weighted by Crippen LogP contribution is -2.41.